The van der Waals surface area contributed by atoms with Crippen LogP contribution in [-0.4, -0.2) is 50.5 Å². The summed E-state index contributed by atoms with van der Waals surface area (Å²) in [5, 5.41) is -1.12. The molecule has 0 unspecified atom stereocenters. The van der Waals surface area contributed by atoms with E-state index >= 15 is 0 Å². The third kappa shape index (κ3) is 5.58. The van der Waals surface area contributed by atoms with Crippen molar-refractivity contribution < 1.29 is 26.4 Å². The van der Waals surface area contributed by atoms with Crippen LogP contribution in [0.4, 0.5) is 0 Å². The number of rotatable bonds is 8. The van der Waals surface area contributed by atoms with E-state index in [-0.39, 0.29) is 28.6 Å². The van der Waals surface area contributed by atoms with Crippen LogP contribution in [-0.2, 0) is 29.4 Å². The molecule has 3 rings (SSSR count). The average molecular weight is 534 g/mol. The fourth-order valence-corrected chi connectivity index (χ4v) is 8.71. The van der Waals surface area contributed by atoms with Gasteiger partial charge in [-0.2, -0.15) is 4.31 Å². The van der Waals surface area contributed by atoms with Crippen molar-refractivity contribution in [3.05, 3.63) is 72.3 Å². The molecule has 1 heterocycles. The molecule has 2 aromatic rings. The Morgan fingerprint density at radius 3 is 1.94 bits per heavy atom. The molecule has 1 aliphatic heterocycles. The molecule has 0 aromatic heterocycles. The van der Waals surface area contributed by atoms with Gasteiger partial charge in [0.2, 0.25) is 10.0 Å². The van der Waals surface area contributed by atoms with Gasteiger partial charge in [-0.1, -0.05) is 55.3 Å². The minimum Gasteiger partial charge on any atom is -0.459 e. The number of esters is 1. The summed E-state index contributed by atoms with van der Waals surface area (Å²) in [6.45, 7) is 12.5. The standard InChI is InChI=1S/C27H35NO6S2/c1-7-8-24-27(34-21(6)29)26(35(30,31)22-13-9-19(4)10-14-22)17-25(18(2)3)28(24)36(32,33)23-15-11-20(5)12-16-23/h7,9-16,18,24-27H,1,8,17H2,2-6H3/t24-,25-,26+,27+/m1/s1. The van der Waals surface area contributed by atoms with Gasteiger partial charge in [0.1, 0.15) is 11.4 Å². The minimum atomic E-state index is -4.05. The van der Waals surface area contributed by atoms with Crippen molar-refractivity contribution in [3.8, 4) is 0 Å². The Labute approximate surface area is 215 Å². The van der Waals surface area contributed by atoms with Gasteiger partial charge in [0.25, 0.3) is 0 Å². The number of sulfone groups is 1. The minimum absolute atomic E-state index is 0.00937. The van der Waals surface area contributed by atoms with Gasteiger partial charge in [0, 0.05) is 13.0 Å². The predicted molar refractivity (Wildman–Crippen MR) is 140 cm³/mol. The number of benzene rings is 2. The molecule has 7 nitrogen and oxygen atoms in total. The van der Waals surface area contributed by atoms with Crippen molar-refractivity contribution in [2.45, 2.75) is 80.7 Å². The van der Waals surface area contributed by atoms with Gasteiger partial charge in [-0.15, -0.1) is 6.58 Å². The van der Waals surface area contributed by atoms with Crippen LogP contribution in [0.15, 0.2) is 71.0 Å². The summed E-state index contributed by atoms with van der Waals surface area (Å²) in [6.07, 6.45) is 0.440. The largest absolute Gasteiger partial charge is 0.459 e. The first-order valence-electron chi connectivity index (χ1n) is 12.0. The van der Waals surface area contributed by atoms with Crippen molar-refractivity contribution in [3.63, 3.8) is 0 Å². The molecular weight excluding hydrogens is 498 g/mol. The van der Waals surface area contributed by atoms with Crippen LogP contribution in [0.25, 0.3) is 0 Å². The van der Waals surface area contributed by atoms with Crippen LogP contribution < -0.4 is 0 Å². The molecule has 0 N–H and O–H groups in total. The zero-order chi connectivity index (χ0) is 26.8. The summed E-state index contributed by atoms with van der Waals surface area (Å²) in [4.78, 5) is 12.4. The molecule has 0 spiro atoms. The van der Waals surface area contributed by atoms with Gasteiger partial charge in [-0.05, 0) is 56.9 Å². The average Bonchev–Trinajstić information content (AvgIpc) is 2.79. The maximum absolute atomic E-state index is 14.0. The second-order valence-electron chi connectivity index (χ2n) is 9.76. The molecule has 0 radical (unpaired) electrons. The zero-order valence-corrected chi connectivity index (χ0v) is 23.1. The Morgan fingerprint density at radius 1 is 1.00 bits per heavy atom. The highest BCUT2D eigenvalue weighted by molar-refractivity contribution is 7.92. The molecular formula is C27H35NO6S2. The molecule has 196 valence electrons. The maximum Gasteiger partial charge on any atom is 0.303 e. The molecule has 36 heavy (non-hydrogen) atoms. The van der Waals surface area contributed by atoms with E-state index in [4.69, 9.17) is 4.74 Å². The highest BCUT2D eigenvalue weighted by Crippen LogP contribution is 2.40. The SMILES string of the molecule is C=CC[C@@H]1[C@H](OC(C)=O)[C@@H](S(=O)(=O)c2ccc(C)cc2)C[C@H](C(C)C)N1S(=O)(=O)c1ccc(C)cc1. The van der Waals surface area contributed by atoms with Crippen molar-refractivity contribution in [1.82, 2.24) is 4.31 Å². The highest BCUT2D eigenvalue weighted by Gasteiger charge is 2.54. The van der Waals surface area contributed by atoms with Crippen LogP contribution in [0.2, 0.25) is 0 Å². The quantitative estimate of drug-likeness (QED) is 0.368. The number of carbonyl (C=O) groups is 1. The fraction of sp³-hybridized carbons (Fsp3) is 0.444. The van der Waals surface area contributed by atoms with Crippen LogP contribution in [0.3, 0.4) is 0 Å². The number of carbonyl (C=O) groups excluding carboxylic acids is 1. The number of nitrogens with zero attached hydrogens (tertiary/aromatic N) is 1. The lowest BCUT2D eigenvalue weighted by atomic mass is 9.87. The fourth-order valence-electron chi connectivity index (χ4n) is 4.83. The normalized spacial score (nSPS) is 23.4. The number of sulfonamides is 1. The lowest BCUT2D eigenvalue weighted by Gasteiger charge is -2.49. The van der Waals surface area contributed by atoms with E-state index in [2.05, 4.69) is 6.58 Å². The number of ether oxygens (including phenoxy) is 1. The molecule has 0 bridgehead atoms. The van der Waals surface area contributed by atoms with Crippen molar-refractivity contribution in [1.29, 1.82) is 0 Å². The summed E-state index contributed by atoms with van der Waals surface area (Å²) in [7, 11) is -8.02. The lowest BCUT2D eigenvalue weighted by molar-refractivity contribution is -0.151. The van der Waals surface area contributed by atoms with Crippen LogP contribution in [0.1, 0.15) is 44.7 Å². The number of aryl methyl sites for hydroxylation is 2. The number of hydrogen-bond acceptors (Lipinski definition) is 6. The third-order valence-electron chi connectivity index (χ3n) is 6.70. The monoisotopic (exact) mass is 533 g/mol. The molecule has 1 aliphatic rings. The molecule has 0 saturated carbocycles. The molecule has 9 heteroatoms. The smallest absolute Gasteiger partial charge is 0.303 e. The van der Waals surface area contributed by atoms with E-state index in [1.807, 2.05) is 27.7 Å². The lowest BCUT2D eigenvalue weighted by Crippen LogP contribution is -2.64. The first-order chi connectivity index (χ1) is 16.8. The summed E-state index contributed by atoms with van der Waals surface area (Å²) in [5.41, 5.74) is 1.83. The summed E-state index contributed by atoms with van der Waals surface area (Å²) >= 11 is 0. The van der Waals surface area contributed by atoms with Gasteiger partial charge in [-0.3, -0.25) is 4.79 Å². The molecule has 2 aromatic carbocycles. The summed E-state index contributed by atoms with van der Waals surface area (Å²) < 4.78 is 62.8. The zero-order valence-electron chi connectivity index (χ0n) is 21.4. The van der Waals surface area contributed by atoms with Crippen LogP contribution in [0, 0.1) is 19.8 Å². The summed E-state index contributed by atoms with van der Waals surface area (Å²) in [5.74, 6) is -0.875. The van der Waals surface area contributed by atoms with Crippen molar-refractivity contribution >= 4 is 25.8 Å². The van der Waals surface area contributed by atoms with Gasteiger partial charge in [0.15, 0.2) is 9.84 Å². The van der Waals surface area contributed by atoms with E-state index < -0.39 is 49.3 Å². The topological polar surface area (TPSA) is 97.8 Å². The van der Waals surface area contributed by atoms with Gasteiger partial charge in [-0.25, -0.2) is 16.8 Å². The van der Waals surface area contributed by atoms with E-state index in [9.17, 15) is 21.6 Å². The van der Waals surface area contributed by atoms with Crippen molar-refractivity contribution in [2.75, 3.05) is 0 Å². The van der Waals surface area contributed by atoms with E-state index in [0.717, 1.165) is 11.1 Å². The van der Waals surface area contributed by atoms with Gasteiger partial charge in [0.05, 0.1) is 15.8 Å². The molecule has 1 fully saturated rings. The molecule has 1 saturated heterocycles. The van der Waals surface area contributed by atoms with E-state index in [0.29, 0.717) is 0 Å². The Kier molecular flexibility index (Phi) is 8.48. The van der Waals surface area contributed by atoms with Gasteiger partial charge < -0.3 is 4.74 Å². The number of piperidine rings is 1. The maximum atomic E-state index is 14.0. The predicted octanol–water partition coefficient (Wildman–Crippen LogP) is 4.44. The van der Waals surface area contributed by atoms with Crippen LogP contribution in [0.5, 0.6) is 0 Å². The van der Waals surface area contributed by atoms with Crippen LogP contribution >= 0.6 is 0 Å². The first kappa shape index (κ1) is 28.1. The number of hydrogen-bond donors (Lipinski definition) is 0. The van der Waals surface area contributed by atoms with Crippen molar-refractivity contribution in [2.24, 2.45) is 5.92 Å². The van der Waals surface area contributed by atoms with Gasteiger partial charge >= 0.3 is 5.97 Å². The molecule has 0 aliphatic carbocycles. The Morgan fingerprint density at radius 2 is 1.50 bits per heavy atom. The Balaban J connectivity index is 2.21. The second kappa shape index (κ2) is 10.9. The third-order valence-corrected chi connectivity index (χ3v) is 10.8. The summed E-state index contributed by atoms with van der Waals surface area (Å²) in [6, 6.07) is 11.5. The highest BCUT2D eigenvalue weighted by atomic mass is 32.2. The Bertz CT molecular complexity index is 1300. The molecule has 0 amide bonds. The van der Waals surface area contributed by atoms with E-state index in [1.165, 1.54) is 29.4 Å². The first-order valence-corrected chi connectivity index (χ1v) is 15.0. The Hall–Kier alpha value is -2.49. The molecule has 4 atom stereocenters. The second-order valence-corrected chi connectivity index (χ2v) is 13.8. The van der Waals surface area contributed by atoms with E-state index in [1.54, 1.807) is 36.4 Å².